The van der Waals surface area contributed by atoms with E-state index in [1.54, 1.807) is 0 Å². The van der Waals surface area contributed by atoms with Crippen molar-refractivity contribution in [3.63, 3.8) is 0 Å². The molecule has 1 atom stereocenters. The summed E-state index contributed by atoms with van der Waals surface area (Å²) in [5.74, 6) is 0.235. The number of hydrogen-bond donors (Lipinski definition) is 1. The molecule has 1 aliphatic rings. The maximum absolute atomic E-state index is 12.8. The molecule has 0 aliphatic carbocycles. The monoisotopic (exact) mass is 622 g/mol. The lowest BCUT2D eigenvalue weighted by Crippen LogP contribution is -2.35. The second kappa shape index (κ2) is 12.9. The molecule has 1 aliphatic heterocycles. The molecule has 3 aromatic carbocycles. The highest BCUT2D eigenvalue weighted by atomic mass is 32.2. The Kier molecular flexibility index (Phi) is 9.04. The van der Waals surface area contributed by atoms with Crippen LogP contribution >= 0.6 is 11.8 Å². The molecule has 2 heterocycles. The first-order chi connectivity index (χ1) is 21.0. The maximum Gasteiger partial charge on any atom is 0.573 e. The van der Waals surface area contributed by atoms with Crippen molar-refractivity contribution in [1.29, 1.82) is 0 Å². The van der Waals surface area contributed by atoms with Crippen LogP contribution in [0.3, 0.4) is 0 Å². The number of carbonyl (C=O) groups is 2. The van der Waals surface area contributed by atoms with Crippen LogP contribution in [-0.4, -0.2) is 50.0 Å². The van der Waals surface area contributed by atoms with Crippen molar-refractivity contribution >= 4 is 34.6 Å². The van der Waals surface area contributed by atoms with Gasteiger partial charge in [0.2, 0.25) is 5.91 Å². The van der Waals surface area contributed by atoms with Crippen LogP contribution in [0.5, 0.6) is 5.75 Å². The van der Waals surface area contributed by atoms with Gasteiger partial charge in [0, 0.05) is 11.6 Å². The number of carbonyl (C=O) groups excluding carboxylic acids is 2. The summed E-state index contributed by atoms with van der Waals surface area (Å²) in [6.07, 6.45) is -2.00. The Balaban J connectivity index is 1.20. The minimum Gasteiger partial charge on any atom is -0.406 e. The van der Waals surface area contributed by atoms with Crippen LogP contribution in [0, 0.1) is 6.92 Å². The first-order valence-corrected chi connectivity index (χ1v) is 14.8. The molecule has 0 spiro atoms. The van der Waals surface area contributed by atoms with Gasteiger partial charge in [0.05, 0.1) is 17.1 Å². The topological polar surface area (TPSA) is 102 Å². The number of halogens is 3. The number of hydrogen-bond acceptors (Lipinski definition) is 6. The van der Waals surface area contributed by atoms with Crippen molar-refractivity contribution in [2.45, 2.75) is 46.0 Å². The fourth-order valence-electron chi connectivity index (χ4n) is 4.71. The third kappa shape index (κ3) is 7.46. The van der Waals surface area contributed by atoms with E-state index in [0.717, 1.165) is 34.4 Å². The van der Waals surface area contributed by atoms with Gasteiger partial charge in [-0.25, -0.2) is 14.5 Å². The van der Waals surface area contributed by atoms with Gasteiger partial charge in [0.25, 0.3) is 0 Å². The van der Waals surface area contributed by atoms with E-state index in [0.29, 0.717) is 23.1 Å². The van der Waals surface area contributed by atoms with Crippen LogP contribution in [-0.2, 0) is 17.6 Å². The van der Waals surface area contributed by atoms with Crippen LogP contribution in [0.25, 0.3) is 17.1 Å². The Hall–Kier alpha value is -4.65. The molecule has 228 valence electrons. The Morgan fingerprint density at radius 1 is 1.11 bits per heavy atom. The van der Waals surface area contributed by atoms with Crippen molar-refractivity contribution in [1.82, 2.24) is 20.1 Å². The number of aryl methyl sites for hydroxylation is 2. The minimum absolute atomic E-state index is 0.109. The van der Waals surface area contributed by atoms with Gasteiger partial charge in [0.15, 0.2) is 11.0 Å². The normalized spacial score (nSPS) is 15.1. The van der Waals surface area contributed by atoms with E-state index in [1.807, 2.05) is 63.2 Å². The number of urea groups is 1. The largest absolute Gasteiger partial charge is 0.573 e. The van der Waals surface area contributed by atoms with Crippen LogP contribution in [0.1, 0.15) is 30.5 Å². The fraction of sp³-hybridized carbons (Fsp3) is 0.258. The van der Waals surface area contributed by atoms with Crippen LogP contribution < -0.4 is 15.0 Å². The van der Waals surface area contributed by atoms with Crippen molar-refractivity contribution in [2.24, 2.45) is 4.99 Å². The van der Waals surface area contributed by atoms with Gasteiger partial charge in [-0.1, -0.05) is 55.1 Å². The van der Waals surface area contributed by atoms with E-state index in [-0.39, 0.29) is 23.5 Å². The Morgan fingerprint density at radius 3 is 2.52 bits per heavy atom. The minimum atomic E-state index is -4.76. The smallest absolute Gasteiger partial charge is 0.406 e. The van der Waals surface area contributed by atoms with E-state index in [4.69, 9.17) is 0 Å². The lowest BCUT2D eigenvalue weighted by molar-refractivity contribution is -0.274. The molecule has 4 aromatic rings. The second-order valence-electron chi connectivity index (χ2n) is 10.2. The number of amides is 3. The highest BCUT2D eigenvalue weighted by Crippen LogP contribution is 2.31. The Morgan fingerprint density at radius 2 is 1.84 bits per heavy atom. The first-order valence-electron chi connectivity index (χ1n) is 13.8. The second-order valence-corrected chi connectivity index (χ2v) is 11.1. The van der Waals surface area contributed by atoms with Gasteiger partial charge in [-0.05, 0) is 73.7 Å². The molecule has 1 unspecified atom stereocenters. The number of benzene rings is 3. The van der Waals surface area contributed by atoms with Gasteiger partial charge in [-0.3, -0.25) is 9.69 Å². The fourth-order valence-corrected chi connectivity index (χ4v) is 5.57. The molecule has 3 amide bonds. The zero-order chi connectivity index (χ0) is 31.4. The number of aromatic nitrogens is 3. The Bertz CT molecular complexity index is 1690. The summed E-state index contributed by atoms with van der Waals surface area (Å²) in [5.41, 5.74) is 5.02. The molecular weight excluding hydrogens is 593 g/mol. The summed E-state index contributed by atoms with van der Waals surface area (Å²) < 4.78 is 42.6. The summed E-state index contributed by atoms with van der Waals surface area (Å²) >= 11 is 1.25. The number of ether oxygens (including phenoxy) is 1. The van der Waals surface area contributed by atoms with E-state index >= 15 is 0 Å². The molecule has 44 heavy (non-hydrogen) atoms. The summed E-state index contributed by atoms with van der Waals surface area (Å²) in [4.78, 5) is 35.6. The third-order valence-corrected chi connectivity index (χ3v) is 7.70. The van der Waals surface area contributed by atoms with E-state index < -0.39 is 12.4 Å². The predicted molar refractivity (Wildman–Crippen MR) is 163 cm³/mol. The average Bonchev–Trinajstić information content (AvgIpc) is 3.60. The van der Waals surface area contributed by atoms with Gasteiger partial charge in [0.1, 0.15) is 12.1 Å². The number of thioether (sulfide) groups is 1. The summed E-state index contributed by atoms with van der Waals surface area (Å²) in [6, 6.07) is 18.0. The van der Waals surface area contributed by atoms with Gasteiger partial charge in [-0.15, -0.1) is 18.3 Å². The molecule has 1 saturated heterocycles. The number of alkyl halides is 3. The van der Waals surface area contributed by atoms with E-state index in [9.17, 15) is 22.8 Å². The van der Waals surface area contributed by atoms with E-state index in [2.05, 4.69) is 25.1 Å². The molecule has 13 heteroatoms. The van der Waals surface area contributed by atoms with Crippen molar-refractivity contribution in [2.75, 3.05) is 10.7 Å². The van der Waals surface area contributed by atoms with Gasteiger partial charge >= 0.3 is 12.4 Å². The number of nitrogens with zero attached hydrogens (tertiary/aromatic N) is 5. The summed E-state index contributed by atoms with van der Waals surface area (Å²) in [6.45, 7) is 5.85. The van der Waals surface area contributed by atoms with Crippen molar-refractivity contribution in [3.05, 3.63) is 89.7 Å². The first kappa shape index (κ1) is 30.8. The lowest BCUT2D eigenvalue weighted by Gasteiger charge is -2.20. The molecule has 1 fully saturated rings. The number of rotatable bonds is 8. The molecule has 0 bridgehead atoms. The number of anilines is 1. The quantitative estimate of drug-likeness (QED) is 0.241. The lowest BCUT2D eigenvalue weighted by atomic mass is 10.1. The maximum atomic E-state index is 12.8. The summed E-state index contributed by atoms with van der Waals surface area (Å²) in [7, 11) is 0. The van der Waals surface area contributed by atoms with E-state index in [1.165, 1.54) is 51.9 Å². The van der Waals surface area contributed by atoms with Crippen molar-refractivity contribution < 1.29 is 27.5 Å². The van der Waals surface area contributed by atoms with Gasteiger partial charge in [-0.2, -0.15) is 4.99 Å². The standard InChI is InChI=1S/C31H29F3N6O3S/c1-4-22-8-5-19(2)15-26(22)40-27(41)17-44-30(40)37-29(42)36-20(3)16-21-6-9-23(10-7-21)28-35-18-39(38-28)24-11-13-25(14-12-24)43-31(32,33)34/h5-15,18,20H,4,16-17H2,1-3H3,(H,36,42)/b37-30-. The SMILES string of the molecule is CCc1ccc(C)cc1N1C(=O)CS/C1=N\C(=O)NC(C)Cc1ccc(-c2ncn(-c3ccc(OC(F)(F)F)cc3)n2)cc1. The molecule has 9 nitrogen and oxygen atoms in total. The molecule has 1 N–H and O–H groups in total. The average molecular weight is 623 g/mol. The highest BCUT2D eigenvalue weighted by Gasteiger charge is 2.32. The van der Waals surface area contributed by atoms with Crippen LogP contribution in [0.2, 0.25) is 0 Å². The number of nitrogens with one attached hydrogen (secondary N) is 1. The highest BCUT2D eigenvalue weighted by molar-refractivity contribution is 8.15. The Labute approximate surface area is 256 Å². The predicted octanol–water partition coefficient (Wildman–Crippen LogP) is 6.48. The van der Waals surface area contributed by atoms with Gasteiger partial charge < -0.3 is 10.1 Å². The van der Waals surface area contributed by atoms with Crippen molar-refractivity contribution in [3.8, 4) is 22.8 Å². The molecular formula is C31H29F3N6O3S. The summed E-state index contributed by atoms with van der Waals surface area (Å²) in [5, 5.41) is 7.68. The molecule has 0 radical (unpaired) electrons. The molecule has 5 rings (SSSR count). The van der Waals surface area contributed by atoms with Crippen LogP contribution in [0.15, 0.2) is 78.0 Å². The number of aliphatic imine (C=N–C) groups is 1. The molecule has 0 saturated carbocycles. The third-order valence-electron chi connectivity index (χ3n) is 6.78. The zero-order valence-corrected chi connectivity index (χ0v) is 24.9. The number of amidine groups is 1. The molecule has 1 aromatic heterocycles. The zero-order valence-electron chi connectivity index (χ0n) is 24.1. The van der Waals surface area contributed by atoms with Crippen LogP contribution in [0.4, 0.5) is 23.7 Å².